The van der Waals surface area contributed by atoms with Crippen LogP contribution in [0.4, 0.5) is 4.79 Å². The topological polar surface area (TPSA) is 144 Å². The van der Waals surface area contributed by atoms with Gasteiger partial charge in [0.2, 0.25) is 0 Å². The van der Waals surface area contributed by atoms with Crippen LogP contribution < -0.4 is 10.6 Å². The molecule has 0 aliphatic carbocycles. The molecule has 1 unspecified atom stereocenters. The molecule has 5 N–H and O–H groups in total. The van der Waals surface area contributed by atoms with Crippen molar-refractivity contribution in [1.82, 2.24) is 20.8 Å². The fourth-order valence-electron chi connectivity index (χ4n) is 1.69. The molecule has 1 rings (SSSR count). The Bertz CT molecular complexity index is 488. The third-order valence-electron chi connectivity index (χ3n) is 2.85. The van der Waals surface area contributed by atoms with Gasteiger partial charge in [0, 0.05) is 18.2 Å². The summed E-state index contributed by atoms with van der Waals surface area (Å²) in [5, 5.41) is 28.8. The fourth-order valence-corrected chi connectivity index (χ4v) is 1.69. The Morgan fingerprint density at radius 1 is 1.33 bits per heavy atom. The number of aliphatic carboxylic acids is 2. The minimum atomic E-state index is -1.20. The van der Waals surface area contributed by atoms with Crippen LogP contribution in [0.25, 0.3) is 0 Å². The number of carbonyl (C=O) groups is 3. The van der Waals surface area contributed by atoms with Crippen LogP contribution in [0.3, 0.4) is 0 Å². The summed E-state index contributed by atoms with van der Waals surface area (Å²) >= 11 is 0. The van der Waals surface area contributed by atoms with E-state index in [9.17, 15) is 14.4 Å². The molecular formula is C12H18N4O5. The molecule has 0 aromatic carbocycles. The number of aromatic nitrogens is 2. The molecule has 0 aliphatic heterocycles. The number of aromatic amines is 1. The molecule has 0 saturated heterocycles. The maximum atomic E-state index is 11.7. The minimum Gasteiger partial charge on any atom is -0.481 e. The van der Waals surface area contributed by atoms with Crippen LogP contribution in [0.2, 0.25) is 0 Å². The predicted molar refractivity (Wildman–Crippen MR) is 71.6 cm³/mol. The second-order valence-corrected chi connectivity index (χ2v) is 4.55. The number of hydrogen-bond acceptors (Lipinski definition) is 4. The molecule has 0 fully saturated rings. The summed E-state index contributed by atoms with van der Waals surface area (Å²) in [5.41, 5.74) is 0.753. The Labute approximate surface area is 120 Å². The van der Waals surface area contributed by atoms with Gasteiger partial charge in [-0.1, -0.05) is 0 Å². The highest BCUT2D eigenvalue weighted by atomic mass is 16.4. The zero-order valence-corrected chi connectivity index (χ0v) is 11.5. The molecule has 1 heterocycles. The summed E-state index contributed by atoms with van der Waals surface area (Å²) in [5.74, 6) is -2.20. The molecule has 21 heavy (non-hydrogen) atoms. The minimum absolute atomic E-state index is 0.0507. The summed E-state index contributed by atoms with van der Waals surface area (Å²) < 4.78 is 0. The number of nitrogens with zero attached hydrogens (tertiary/aromatic N) is 1. The molecule has 0 bridgehead atoms. The van der Waals surface area contributed by atoms with Crippen molar-refractivity contribution in [3.05, 3.63) is 18.0 Å². The van der Waals surface area contributed by atoms with E-state index in [1.807, 2.05) is 0 Å². The summed E-state index contributed by atoms with van der Waals surface area (Å²) in [7, 11) is 0. The molecule has 116 valence electrons. The highest BCUT2D eigenvalue weighted by Gasteiger charge is 2.21. The van der Waals surface area contributed by atoms with Crippen molar-refractivity contribution in [2.24, 2.45) is 0 Å². The van der Waals surface area contributed by atoms with Gasteiger partial charge in [0.25, 0.3) is 0 Å². The van der Waals surface area contributed by atoms with Gasteiger partial charge < -0.3 is 20.8 Å². The van der Waals surface area contributed by atoms with Gasteiger partial charge in [0.15, 0.2) is 0 Å². The summed E-state index contributed by atoms with van der Waals surface area (Å²) in [6.45, 7) is 1.73. The number of amides is 2. The van der Waals surface area contributed by atoms with Gasteiger partial charge in [-0.15, -0.1) is 0 Å². The zero-order chi connectivity index (χ0) is 15.8. The molecule has 9 heteroatoms. The first-order valence-corrected chi connectivity index (χ1v) is 6.40. The highest BCUT2D eigenvalue weighted by Crippen LogP contribution is 2.09. The monoisotopic (exact) mass is 298 g/mol. The second-order valence-electron chi connectivity index (χ2n) is 4.55. The van der Waals surface area contributed by atoms with E-state index in [0.29, 0.717) is 0 Å². The average molecular weight is 298 g/mol. The molecule has 9 nitrogen and oxygen atoms in total. The number of carboxylic acids is 2. The maximum Gasteiger partial charge on any atom is 0.326 e. The van der Waals surface area contributed by atoms with E-state index in [2.05, 4.69) is 20.8 Å². The molecule has 0 radical (unpaired) electrons. The number of carbonyl (C=O) groups excluding carboxylic acids is 1. The van der Waals surface area contributed by atoms with E-state index in [0.717, 1.165) is 5.56 Å². The second kappa shape index (κ2) is 7.88. The molecule has 1 aromatic heterocycles. The van der Waals surface area contributed by atoms with Crippen LogP contribution in [-0.4, -0.2) is 44.4 Å². The first-order valence-electron chi connectivity index (χ1n) is 6.40. The van der Waals surface area contributed by atoms with Gasteiger partial charge in [-0.05, 0) is 19.8 Å². The Morgan fingerprint density at radius 2 is 2.05 bits per heavy atom. The van der Waals surface area contributed by atoms with Crippen LogP contribution in [0.15, 0.2) is 12.4 Å². The number of hydrogen-bond donors (Lipinski definition) is 5. The van der Waals surface area contributed by atoms with E-state index in [1.165, 1.54) is 0 Å². The van der Waals surface area contributed by atoms with Crippen molar-refractivity contribution in [1.29, 1.82) is 0 Å². The van der Waals surface area contributed by atoms with Crippen molar-refractivity contribution in [2.75, 3.05) is 0 Å². The number of nitrogens with one attached hydrogen (secondary N) is 3. The summed E-state index contributed by atoms with van der Waals surface area (Å²) in [6.07, 6.45) is 3.25. The van der Waals surface area contributed by atoms with Crippen LogP contribution in [0.5, 0.6) is 0 Å². The van der Waals surface area contributed by atoms with Gasteiger partial charge in [0.05, 0.1) is 12.2 Å². The van der Waals surface area contributed by atoms with E-state index < -0.39 is 24.0 Å². The molecule has 2 amide bonds. The normalized spacial score (nSPS) is 13.2. The van der Waals surface area contributed by atoms with Crippen LogP contribution >= 0.6 is 0 Å². The number of rotatable bonds is 8. The van der Waals surface area contributed by atoms with E-state index >= 15 is 0 Å². The van der Waals surface area contributed by atoms with Crippen molar-refractivity contribution < 1.29 is 24.6 Å². The molecule has 0 spiro atoms. The zero-order valence-electron chi connectivity index (χ0n) is 11.5. The Hall–Kier alpha value is -2.58. The average Bonchev–Trinajstić information content (AvgIpc) is 2.90. The third kappa shape index (κ3) is 5.93. The van der Waals surface area contributed by atoms with Gasteiger partial charge >= 0.3 is 18.0 Å². The standard InChI is InChI=1S/C12H18N4O5/c1-7(8-5-13-14-6-8)15-12(21)16-9(11(19)20)3-2-4-10(17)18/h5-7,9H,2-4H2,1H3,(H,13,14)(H,17,18)(H,19,20)(H2,15,16,21)/t7?,9-/m1/s1. The molecule has 2 atom stereocenters. The van der Waals surface area contributed by atoms with Gasteiger partial charge in [-0.2, -0.15) is 5.10 Å². The Balaban J connectivity index is 2.45. The maximum absolute atomic E-state index is 11.7. The van der Waals surface area contributed by atoms with Crippen molar-refractivity contribution >= 4 is 18.0 Å². The van der Waals surface area contributed by atoms with Crippen LogP contribution in [-0.2, 0) is 9.59 Å². The molecule has 1 aromatic rings. The lowest BCUT2D eigenvalue weighted by molar-refractivity contribution is -0.140. The first kappa shape index (κ1) is 16.5. The largest absolute Gasteiger partial charge is 0.481 e. The van der Waals surface area contributed by atoms with Crippen LogP contribution in [0, 0.1) is 0 Å². The lowest BCUT2D eigenvalue weighted by Crippen LogP contribution is -2.46. The molecular weight excluding hydrogens is 280 g/mol. The smallest absolute Gasteiger partial charge is 0.326 e. The highest BCUT2D eigenvalue weighted by molar-refractivity contribution is 5.82. The van der Waals surface area contributed by atoms with Gasteiger partial charge in [0.1, 0.15) is 6.04 Å². The van der Waals surface area contributed by atoms with E-state index in [-0.39, 0.29) is 25.3 Å². The number of H-pyrrole nitrogens is 1. The Morgan fingerprint density at radius 3 is 2.57 bits per heavy atom. The van der Waals surface area contributed by atoms with E-state index in [1.54, 1.807) is 19.3 Å². The third-order valence-corrected chi connectivity index (χ3v) is 2.85. The van der Waals surface area contributed by atoms with Gasteiger partial charge in [-0.3, -0.25) is 9.89 Å². The van der Waals surface area contributed by atoms with Crippen LogP contribution in [0.1, 0.15) is 37.8 Å². The lowest BCUT2D eigenvalue weighted by Gasteiger charge is -2.17. The summed E-state index contributed by atoms with van der Waals surface area (Å²) in [4.78, 5) is 33.1. The summed E-state index contributed by atoms with van der Waals surface area (Å²) in [6, 6.07) is -2.09. The fraction of sp³-hybridized carbons (Fsp3) is 0.500. The molecule has 0 saturated carbocycles. The Kier molecular flexibility index (Phi) is 6.18. The van der Waals surface area contributed by atoms with Crippen molar-refractivity contribution in [3.8, 4) is 0 Å². The van der Waals surface area contributed by atoms with E-state index in [4.69, 9.17) is 10.2 Å². The van der Waals surface area contributed by atoms with Crippen molar-refractivity contribution in [3.63, 3.8) is 0 Å². The molecule has 0 aliphatic rings. The van der Waals surface area contributed by atoms with Gasteiger partial charge in [-0.25, -0.2) is 9.59 Å². The SMILES string of the molecule is CC(NC(=O)N[C@H](CCCC(=O)O)C(=O)O)c1cn[nH]c1. The first-order chi connectivity index (χ1) is 9.90. The quantitative estimate of drug-likeness (QED) is 0.472. The number of urea groups is 1. The predicted octanol–water partition coefficient (Wildman–Crippen LogP) is 0.478. The van der Waals surface area contributed by atoms with Crippen molar-refractivity contribution in [2.45, 2.75) is 38.3 Å². The lowest BCUT2D eigenvalue weighted by atomic mass is 10.1. The number of carboxylic acid groups (broad SMARTS) is 2.